The number of aliphatic hydroxyl groups is 2. The first-order chi connectivity index (χ1) is 27.3. The van der Waals surface area contributed by atoms with Crippen LogP contribution in [0.1, 0.15) is 101 Å². The van der Waals surface area contributed by atoms with Crippen molar-refractivity contribution in [1.29, 1.82) is 0 Å². The molecule has 8 rings (SSSR count). The van der Waals surface area contributed by atoms with E-state index in [1.807, 2.05) is 12.1 Å². The van der Waals surface area contributed by atoms with Crippen molar-refractivity contribution >= 4 is 40.7 Å². The number of nitrogens with zero attached hydrogens (tertiary/aromatic N) is 2. The number of amides is 1. The van der Waals surface area contributed by atoms with Crippen molar-refractivity contribution in [2.24, 2.45) is 11.7 Å². The molecule has 0 bridgehead atoms. The fraction of sp³-hybridized carbons (Fsp3) is 0.578. The predicted molar refractivity (Wildman–Crippen MR) is 232 cm³/mol. The Labute approximate surface area is 363 Å². The first-order valence-electron chi connectivity index (χ1n) is 20.3. The van der Waals surface area contributed by atoms with E-state index >= 15 is 8.78 Å². The molecule has 5 aliphatic rings. The third-order valence-corrected chi connectivity index (χ3v) is 12.4. The highest BCUT2D eigenvalue weighted by molar-refractivity contribution is 6.32. The Kier molecular flexibility index (Phi) is 16.7. The summed E-state index contributed by atoms with van der Waals surface area (Å²) in [5.74, 6) is -4.90. The molecule has 326 valence electrons. The molecule has 3 aliphatic carbocycles. The summed E-state index contributed by atoms with van der Waals surface area (Å²) in [6, 6.07) is 14.3. The van der Waals surface area contributed by atoms with Crippen LogP contribution in [0.4, 0.5) is 8.78 Å². The number of aliphatic hydroxyl groups excluding tert-OH is 2. The van der Waals surface area contributed by atoms with Crippen LogP contribution in [-0.4, -0.2) is 95.4 Å². The van der Waals surface area contributed by atoms with Crippen LogP contribution in [0.25, 0.3) is 0 Å². The molecule has 3 aromatic rings. The second-order valence-electron chi connectivity index (χ2n) is 16.3. The Bertz CT molecular complexity index is 1860. The maximum Gasteiger partial charge on any atom is 0.327 e. The second kappa shape index (κ2) is 20.9. The van der Waals surface area contributed by atoms with E-state index in [1.54, 1.807) is 42.5 Å². The maximum absolute atomic E-state index is 15.4. The van der Waals surface area contributed by atoms with E-state index in [0.717, 1.165) is 87.9 Å². The quantitative estimate of drug-likeness (QED) is 0.120. The highest BCUT2D eigenvalue weighted by atomic mass is 35.5. The second-order valence-corrected chi connectivity index (χ2v) is 17.6. The lowest BCUT2D eigenvalue weighted by molar-refractivity contribution is -0.155. The van der Waals surface area contributed by atoms with Gasteiger partial charge >= 0.3 is 5.92 Å². The molecule has 59 heavy (non-hydrogen) atoms. The fourth-order valence-electron chi connectivity index (χ4n) is 7.93. The van der Waals surface area contributed by atoms with Crippen molar-refractivity contribution < 1.29 is 33.3 Å². The molecule has 2 saturated heterocycles. The Balaban J connectivity index is 0.000000246. The van der Waals surface area contributed by atoms with Gasteiger partial charge in [0.1, 0.15) is 17.6 Å². The average molecular weight is 882 g/mol. The van der Waals surface area contributed by atoms with Gasteiger partial charge in [-0.2, -0.15) is 8.78 Å². The SMILES string of the molecule is C.C.N[C@H](CN1CCCC1)[C@H](O)c1ccc(OC2CC2)c(Cl)c1.O=C(N[C@H](CN1CCCC1)[C@H](O)c1ccc(OC2CC2)c(Cl)c1)C(F)(F)C1Cc2ccc(Cl)cc2C1. The fourth-order valence-corrected chi connectivity index (χ4v) is 8.59. The zero-order valence-electron chi connectivity index (χ0n) is 32.0. The first-order valence-corrected chi connectivity index (χ1v) is 21.4. The van der Waals surface area contributed by atoms with Crippen molar-refractivity contribution in [1.82, 2.24) is 15.1 Å². The zero-order valence-corrected chi connectivity index (χ0v) is 34.3. The molecular formula is C45H61Cl3F2N4O5. The van der Waals surface area contributed by atoms with Gasteiger partial charge in [0.15, 0.2) is 0 Å². The minimum atomic E-state index is -3.60. The number of hydrogen-bond acceptors (Lipinski definition) is 8. The van der Waals surface area contributed by atoms with Crippen molar-refractivity contribution in [2.75, 3.05) is 39.3 Å². The van der Waals surface area contributed by atoms with E-state index in [4.69, 9.17) is 50.0 Å². The van der Waals surface area contributed by atoms with E-state index in [2.05, 4.69) is 15.1 Å². The highest BCUT2D eigenvalue weighted by Gasteiger charge is 2.50. The highest BCUT2D eigenvalue weighted by Crippen LogP contribution is 2.40. The lowest BCUT2D eigenvalue weighted by Crippen LogP contribution is -2.54. The number of ether oxygens (including phenoxy) is 2. The van der Waals surface area contributed by atoms with Gasteiger partial charge in [0.25, 0.3) is 5.91 Å². The number of fused-ring (bicyclic) bond motifs is 1. The summed E-state index contributed by atoms with van der Waals surface area (Å²) in [7, 11) is 0. The topological polar surface area (TPSA) is 121 Å². The molecule has 0 aromatic heterocycles. The Morgan fingerprint density at radius 1 is 0.746 bits per heavy atom. The van der Waals surface area contributed by atoms with Gasteiger partial charge in [0, 0.05) is 30.1 Å². The average Bonchev–Trinajstić information content (AvgIpc) is 4.00. The summed E-state index contributed by atoms with van der Waals surface area (Å²) >= 11 is 18.6. The standard InChI is InChI=1S/C27H30Cl2F2N2O3.C16H23ClN2O2.2CH4/c28-20-5-3-16-11-19(12-18(16)13-20)27(30,31)26(35)32-23(15-33-9-1-2-10-33)25(34)17-4-8-24(22(29)14-17)36-21-6-7-21;17-13-9-11(3-6-15(13)21-12-4-5-12)16(20)14(18)10-19-7-1-2-8-19;;/h3-5,8,13-14,19,21,23,25,34H,1-2,6-7,9-12,15H2,(H,32,35);3,6,9,12,14,16,20H,1-2,4-5,7-8,10,18H2;2*1H4/t19?,23-,25-;14-,16-;;/m11../s1. The monoisotopic (exact) mass is 880 g/mol. The van der Waals surface area contributed by atoms with E-state index in [9.17, 15) is 15.0 Å². The lowest BCUT2D eigenvalue weighted by atomic mass is 9.95. The van der Waals surface area contributed by atoms with Crippen LogP contribution >= 0.6 is 34.8 Å². The minimum Gasteiger partial charge on any atom is -0.489 e. The molecule has 1 unspecified atom stereocenters. The number of carbonyl (C=O) groups excluding carboxylic acids is 1. The number of likely N-dealkylation sites (tertiary alicyclic amines) is 2. The molecular weight excluding hydrogens is 821 g/mol. The molecule has 0 spiro atoms. The summed E-state index contributed by atoms with van der Waals surface area (Å²) in [5.41, 5.74) is 8.88. The lowest BCUT2D eigenvalue weighted by Gasteiger charge is -2.31. The van der Waals surface area contributed by atoms with Gasteiger partial charge in [-0.25, -0.2) is 0 Å². The van der Waals surface area contributed by atoms with Crippen LogP contribution in [0.2, 0.25) is 15.1 Å². The molecule has 14 heteroatoms. The molecule has 2 aliphatic heterocycles. The molecule has 2 saturated carbocycles. The number of carbonyl (C=O) groups is 1. The van der Waals surface area contributed by atoms with Gasteiger partial charge in [0.2, 0.25) is 0 Å². The molecule has 3 aromatic carbocycles. The maximum atomic E-state index is 15.4. The van der Waals surface area contributed by atoms with E-state index in [-0.39, 0.29) is 46.4 Å². The third kappa shape index (κ3) is 12.4. The smallest absolute Gasteiger partial charge is 0.327 e. The molecule has 1 amide bonds. The van der Waals surface area contributed by atoms with Gasteiger partial charge in [-0.3, -0.25) is 4.79 Å². The minimum absolute atomic E-state index is 0. The number of alkyl halides is 2. The molecule has 4 fully saturated rings. The van der Waals surface area contributed by atoms with Crippen LogP contribution in [0.3, 0.4) is 0 Å². The molecule has 5 atom stereocenters. The zero-order chi connectivity index (χ0) is 40.3. The van der Waals surface area contributed by atoms with Crippen molar-refractivity contribution in [3.63, 3.8) is 0 Å². The van der Waals surface area contributed by atoms with Crippen LogP contribution < -0.4 is 20.5 Å². The third-order valence-electron chi connectivity index (χ3n) is 11.6. The van der Waals surface area contributed by atoms with Gasteiger partial charge in [-0.1, -0.05) is 67.9 Å². The van der Waals surface area contributed by atoms with Gasteiger partial charge < -0.3 is 40.5 Å². The number of nitrogens with two attached hydrogens (primary N) is 1. The van der Waals surface area contributed by atoms with Crippen molar-refractivity contribution in [2.45, 2.75) is 121 Å². The number of rotatable bonds is 15. The predicted octanol–water partition coefficient (Wildman–Crippen LogP) is 8.81. The number of nitrogens with one attached hydrogen (secondary N) is 1. The number of hydrogen-bond donors (Lipinski definition) is 4. The Morgan fingerprint density at radius 2 is 1.24 bits per heavy atom. The van der Waals surface area contributed by atoms with Crippen LogP contribution in [0.5, 0.6) is 11.5 Å². The molecule has 5 N–H and O–H groups in total. The van der Waals surface area contributed by atoms with Crippen molar-refractivity contribution in [3.8, 4) is 11.5 Å². The summed E-state index contributed by atoms with van der Waals surface area (Å²) in [4.78, 5) is 17.4. The normalized spacial score (nSPS) is 21.2. The molecule has 2 heterocycles. The summed E-state index contributed by atoms with van der Waals surface area (Å²) in [5, 5.41) is 25.5. The van der Waals surface area contributed by atoms with Crippen LogP contribution in [0.15, 0.2) is 54.6 Å². The van der Waals surface area contributed by atoms with Crippen molar-refractivity contribution in [3.05, 3.63) is 91.9 Å². The largest absolute Gasteiger partial charge is 0.489 e. The van der Waals surface area contributed by atoms with E-state index in [1.165, 1.54) is 12.8 Å². The number of benzene rings is 3. The van der Waals surface area contributed by atoms with Gasteiger partial charge in [-0.05, 0) is 149 Å². The summed E-state index contributed by atoms with van der Waals surface area (Å²) in [6.45, 7) is 4.73. The van der Waals surface area contributed by atoms with Crippen LogP contribution in [-0.2, 0) is 17.6 Å². The summed E-state index contributed by atoms with van der Waals surface area (Å²) in [6.07, 6.45) is 7.36. The summed E-state index contributed by atoms with van der Waals surface area (Å²) < 4.78 is 42.3. The van der Waals surface area contributed by atoms with Gasteiger partial charge in [0.05, 0.1) is 34.4 Å². The molecule has 9 nitrogen and oxygen atoms in total. The number of halogens is 5. The van der Waals surface area contributed by atoms with E-state index < -0.39 is 36.0 Å². The Morgan fingerprint density at radius 3 is 1.75 bits per heavy atom. The van der Waals surface area contributed by atoms with E-state index in [0.29, 0.717) is 38.2 Å². The Hall–Kier alpha value is -2.74. The van der Waals surface area contributed by atoms with Gasteiger partial charge in [-0.15, -0.1) is 0 Å². The first kappa shape index (κ1) is 47.3. The van der Waals surface area contributed by atoms with Crippen LogP contribution in [0, 0.1) is 5.92 Å². The molecule has 0 radical (unpaired) electrons.